The summed E-state index contributed by atoms with van der Waals surface area (Å²) in [7, 11) is -0.200. The first-order valence-electron chi connectivity index (χ1n) is 5.35. The van der Waals surface area contributed by atoms with Crippen molar-refractivity contribution >= 4 is 21.7 Å². The van der Waals surface area contributed by atoms with E-state index >= 15 is 0 Å². The van der Waals surface area contributed by atoms with Crippen LogP contribution in [-0.4, -0.2) is 57.4 Å². The van der Waals surface area contributed by atoms with E-state index in [0.29, 0.717) is 6.42 Å². The highest BCUT2D eigenvalue weighted by Crippen LogP contribution is 2.22. The predicted molar refractivity (Wildman–Crippen MR) is 61.0 cm³/mol. The van der Waals surface area contributed by atoms with E-state index in [1.54, 1.807) is 0 Å². The second-order valence-electron chi connectivity index (χ2n) is 4.30. The van der Waals surface area contributed by atoms with Crippen LogP contribution in [0.5, 0.6) is 0 Å². The number of methoxy groups -OCH3 is 1. The molecule has 1 saturated heterocycles. The van der Waals surface area contributed by atoms with Crippen molar-refractivity contribution in [3.05, 3.63) is 0 Å². The van der Waals surface area contributed by atoms with Crippen molar-refractivity contribution in [2.75, 3.05) is 32.2 Å². The van der Waals surface area contributed by atoms with Crippen molar-refractivity contribution in [1.29, 1.82) is 0 Å². The zero-order valence-electron chi connectivity index (χ0n) is 10.0. The van der Waals surface area contributed by atoms with Gasteiger partial charge in [-0.05, 0) is 12.3 Å². The summed E-state index contributed by atoms with van der Waals surface area (Å²) >= 11 is 0. The summed E-state index contributed by atoms with van der Waals surface area (Å²) in [5.41, 5.74) is 0. The van der Waals surface area contributed by atoms with Gasteiger partial charge in [-0.2, -0.15) is 0 Å². The number of carbonyl (C=O) groups excluding carboxylic acids is 2. The molecular formula is C10H17NO5S. The van der Waals surface area contributed by atoms with Crippen molar-refractivity contribution in [3.63, 3.8) is 0 Å². The maximum atomic E-state index is 11.7. The fourth-order valence-electron chi connectivity index (χ4n) is 1.78. The Labute approximate surface area is 101 Å². The average Bonchev–Trinajstić information content (AvgIpc) is 2.57. The molecule has 0 aromatic rings. The molecule has 0 N–H and O–H groups in total. The number of ether oxygens (including phenoxy) is 1. The summed E-state index contributed by atoms with van der Waals surface area (Å²) in [4.78, 5) is 23.9. The highest BCUT2D eigenvalue weighted by molar-refractivity contribution is 7.91. The van der Waals surface area contributed by atoms with Gasteiger partial charge in [0.05, 0.1) is 18.6 Å². The molecule has 1 heterocycles. The first-order valence-corrected chi connectivity index (χ1v) is 7.17. The molecule has 98 valence electrons. The van der Waals surface area contributed by atoms with Crippen molar-refractivity contribution in [3.8, 4) is 0 Å². The Kier molecular flexibility index (Phi) is 4.50. The lowest BCUT2D eigenvalue weighted by Gasteiger charge is -2.17. The van der Waals surface area contributed by atoms with Crippen molar-refractivity contribution in [1.82, 2.24) is 4.90 Å². The lowest BCUT2D eigenvalue weighted by molar-refractivity contribution is -0.146. The first kappa shape index (κ1) is 14.0. The van der Waals surface area contributed by atoms with E-state index in [1.807, 2.05) is 0 Å². The number of likely N-dealkylation sites (N-methyl/N-ethyl adjacent to an activating group) is 1. The fraction of sp³-hybridized carbons (Fsp3) is 0.800. The molecule has 0 aromatic heterocycles. The smallest absolute Gasteiger partial charge is 0.325 e. The van der Waals surface area contributed by atoms with Crippen LogP contribution in [0.15, 0.2) is 0 Å². The Morgan fingerprint density at radius 1 is 1.41 bits per heavy atom. The van der Waals surface area contributed by atoms with E-state index in [1.165, 1.54) is 19.1 Å². The molecule has 0 saturated carbocycles. The van der Waals surface area contributed by atoms with Gasteiger partial charge in [0.25, 0.3) is 0 Å². The molecular weight excluding hydrogens is 246 g/mol. The van der Waals surface area contributed by atoms with Crippen LogP contribution in [0.4, 0.5) is 0 Å². The number of nitrogens with zero attached hydrogens (tertiary/aromatic N) is 1. The highest BCUT2D eigenvalue weighted by atomic mass is 32.2. The average molecular weight is 263 g/mol. The molecule has 0 bridgehead atoms. The largest absolute Gasteiger partial charge is 0.468 e. The van der Waals surface area contributed by atoms with Gasteiger partial charge >= 0.3 is 5.97 Å². The SMILES string of the molecule is COC(=O)CN(C)C(=O)CC1CCS(=O)(=O)C1. The Balaban J connectivity index is 2.42. The molecule has 6 nitrogen and oxygen atoms in total. The van der Waals surface area contributed by atoms with E-state index in [0.717, 1.165) is 0 Å². The minimum atomic E-state index is -2.96. The third kappa shape index (κ3) is 4.33. The molecule has 1 unspecified atom stereocenters. The third-order valence-electron chi connectivity index (χ3n) is 2.81. The molecule has 17 heavy (non-hydrogen) atoms. The quantitative estimate of drug-likeness (QED) is 0.635. The summed E-state index contributed by atoms with van der Waals surface area (Å²) in [5.74, 6) is -0.596. The van der Waals surface area contributed by atoms with Crippen LogP contribution in [0, 0.1) is 5.92 Å². The Morgan fingerprint density at radius 3 is 2.53 bits per heavy atom. The molecule has 0 radical (unpaired) electrons. The predicted octanol–water partition coefficient (Wildman–Crippen LogP) is -0.557. The minimum Gasteiger partial charge on any atom is -0.468 e. The van der Waals surface area contributed by atoms with Crippen molar-refractivity contribution in [2.45, 2.75) is 12.8 Å². The molecule has 1 aliphatic heterocycles. The number of esters is 1. The summed E-state index contributed by atoms with van der Waals surface area (Å²) < 4.78 is 26.9. The Morgan fingerprint density at radius 2 is 2.06 bits per heavy atom. The molecule has 1 atom stereocenters. The van der Waals surface area contributed by atoms with E-state index in [9.17, 15) is 18.0 Å². The summed E-state index contributed by atoms with van der Waals surface area (Å²) in [6, 6.07) is 0. The van der Waals surface area contributed by atoms with Crippen LogP contribution in [-0.2, 0) is 24.2 Å². The third-order valence-corrected chi connectivity index (χ3v) is 4.65. The van der Waals surface area contributed by atoms with Gasteiger partial charge in [0.15, 0.2) is 9.84 Å². The molecule has 1 fully saturated rings. The molecule has 0 aliphatic carbocycles. The summed E-state index contributed by atoms with van der Waals surface area (Å²) in [6.45, 7) is -0.102. The molecule has 1 amide bonds. The number of carbonyl (C=O) groups is 2. The number of hydrogen-bond acceptors (Lipinski definition) is 5. The summed E-state index contributed by atoms with van der Waals surface area (Å²) in [5, 5.41) is 0. The number of amides is 1. The van der Waals surface area contributed by atoms with Gasteiger partial charge in [0.2, 0.25) is 5.91 Å². The van der Waals surface area contributed by atoms with Gasteiger partial charge in [-0.15, -0.1) is 0 Å². The number of sulfone groups is 1. The van der Waals surface area contributed by atoms with E-state index in [4.69, 9.17) is 0 Å². The highest BCUT2D eigenvalue weighted by Gasteiger charge is 2.30. The van der Waals surface area contributed by atoms with Crippen molar-refractivity contribution in [2.24, 2.45) is 5.92 Å². The maximum Gasteiger partial charge on any atom is 0.325 e. The minimum absolute atomic E-state index is 0.0742. The lowest BCUT2D eigenvalue weighted by atomic mass is 10.0. The van der Waals surface area contributed by atoms with Crippen LogP contribution >= 0.6 is 0 Å². The number of hydrogen-bond donors (Lipinski definition) is 0. The first-order chi connectivity index (χ1) is 7.84. The van der Waals surface area contributed by atoms with Crippen LogP contribution in [0.25, 0.3) is 0 Å². The van der Waals surface area contributed by atoms with Gasteiger partial charge in [-0.3, -0.25) is 9.59 Å². The molecule has 1 aliphatic rings. The molecule has 0 spiro atoms. The number of rotatable bonds is 4. The lowest BCUT2D eigenvalue weighted by Crippen LogP contribution is -2.33. The van der Waals surface area contributed by atoms with Crippen molar-refractivity contribution < 1.29 is 22.7 Å². The Bertz CT molecular complexity index is 403. The topological polar surface area (TPSA) is 80.8 Å². The van der Waals surface area contributed by atoms with Gasteiger partial charge in [0.1, 0.15) is 6.54 Å². The molecule has 0 aromatic carbocycles. The van der Waals surface area contributed by atoms with Crippen LogP contribution in [0.2, 0.25) is 0 Å². The van der Waals surface area contributed by atoms with Gasteiger partial charge in [-0.25, -0.2) is 8.42 Å². The zero-order valence-corrected chi connectivity index (χ0v) is 10.8. The molecule has 1 rings (SSSR count). The van der Waals surface area contributed by atoms with Gasteiger partial charge in [0, 0.05) is 13.5 Å². The normalized spacial score (nSPS) is 22.1. The van der Waals surface area contributed by atoms with Gasteiger partial charge < -0.3 is 9.64 Å². The summed E-state index contributed by atoms with van der Waals surface area (Å²) in [6.07, 6.45) is 0.701. The fourth-order valence-corrected chi connectivity index (χ4v) is 3.64. The standard InChI is InChI=1S/C10H17NO5S/c1-11(6-10(13)16-2)9(12)5-8-3-4-17(14,15)7-8/h8H,3-7H2,1-2H3. The molecule has 7 heteroatoms. The Hall–Kier alpha value is -1.11. The second kappa shape index (κ2) is 5.48. The van der Waals surface area contributed by atoms with E-state index in [-0.39, 0.29) is 36.3 Å². The van der Waals surface area contributed by atoms with Crippen LogP contribution in [0.3, 0.4) is 0 Å². The zero-order chi connectivity index (χ0) is 13.1. The monoisotopic (exact) mass is 263 g/mol. The second-order valence-corrected chi connectivity index (χ2v) is 6.53. The van der Waals surface area contributed by atoms with Crippen LogP contribution in [0.1, 0.15) is 12.8 Å². The van der Waals surface area contributed by atoms with E-state index in [2.05, 4.69) is 4.74 Å². The van der Waals surface area contributed by atoms with E-state index < -0.39 is 15.8 Å². The van der Waals surface area contributed by atoms with Gasteiger partial charge in [-0.1, -0.05) is 0 Å². The van der Waals surface area contributed by atoms with Crippen LogP contribution < -0.4 is 0 Å². The maximum absolute atomic E-state index is 11.7.